The number of nitrogens with one attached hydrogen (secondary N) is 1. The van der Waals surface area contributed by atoms with Crippen LogP contribution in [0.1, 0.15) is 52.1 Å². The number of hydrogen-bond donors (Lipinski definition) is 1. The molecule has 1 atom stereocenters. The molecule has 1 aliphatic heterocycles. The van der Waals surface area contributed by atoms with Crippen molar-refractivity contribution in [1.82, 2.24) is 10.3 Å². The molecule has 0 spiro atoms. The van der Waals surface area contributed by atoms with Crippen molar-refractivity contribution in [2.75, 3.05) is 11.4 Å². The first-order valence-corrected chi connectivity index (χ1v) is 8.11. The van der Waals surface area contributed by atoms with Crippen molar-refractivity contribution in [3.8, 4) is 0 Å². The van der Waals surface area contributed by atoms with Crippen LogP contribution in [0.25, 0.3) is 0 Å². The summed E-state index contributed by atoms with van der Waals surface area (Å²) < 4.78 is 0. The molecular weight excluding hydrogens is 270 g/mol. The normalized spacial score (nSPS) is 20.2. The second-order valence-electron chi connectivity index (χ2n) is 6.03. The first kappa shape index (κ1) is 15.6. The molecule has 1 saturated heterocycles. The van der Waals surface area contributed by atoms with Crippen LogP contribution in [-0.4, -0.2) is 23.6 Å². The molecule has 3 nitrogen and oxygen atoms in total. The first-order chi connectivity index (χ1) is 9.58. The lowest BCUT2D eigenvalue weighted by atomic mass is 10.1. The quantitative estimate of drug-likeness (QED) is 0.910. The van der Waals surface area contributed by atoms with Crippen LogP contribution in [-0.2, 0) is 6.54 Å². The zero-order chi connectivity index (χ0) is 14.5. The monoisotopic (exact) mass is 295 g/mol. The number of pyridine rings is 1. The Kier molecular flexibility index (Phi) is 5.67. The number of hydrogen-bond acceptors (Lipinski definition) is 3. The average molecular weight is 296 g/mol. The summed E-state index contributed by atoms with van der Waals surface area (Å²) in [5.41, 5.74) is 0.953. The maximum atomic E-state index is 6.27. The predicted molar refractivity (Wildman–Crippen MR) is 86.5 cm³/mol. The summed E-state index contributed by atoms with van der Waals surface area (Å²) in [5, 5.41) is 4.14. The van der Waals surface area contributed by atoms with Gasteiger partial charge in [0.25, 0.3) is 0 Å². The minimum absolute atomic E-state index is 0.439. The molecule has 2 rings (SSSR count). The number of nitrogens with zero attached hydrogens (tertiary/aromatic N) is 2. The summed E-state index contributed by atoms with van der Waals surface area (Å²) >= 11 is 6.27. The topological polar surface area (TPSA) is 28.2 Å². The smallest absolute Gasteiger partial charge is 0.129 e. The Balaban J connectivity index is 2.16. The van der Waals surface area contributed by atoms with Crippen molar-refractivity contribution in [3.63, 3.8) is 0 Å². The van der Waals surface area contributed by atoms with Crippen LogP contribution < -0.4 is 10.2 Å². The Morgan fingerprint density at radius 2 is 2.15 bits per heavy atom. The molecule has 0 aliphatic carbocycles. The van der Waals surface area contributed by atoms with Gasteiger partial charge in [-0.1, -0.05) is 38.3 Å². The van der Waals surface area contributed by atoms with E-state index in [0.717, 1.165) is 29.6 Å². The van der Waals surface area contributed by atoms with E-state index in [0.29, 0.717) is 12.1 Å². The van der Waals surface area contributed by atoms with Gasteiger partial charge in [0.15, 0.2) is 0 Å². The van der Waals surface area contributed by atoms with Gasteiger partial charge in [-0.15, -0.1) is 0 Å². The molecule has 20 heavy (non-hydrogen) atoms. The third-order valence-electron chi connectivity index (χ3n) is 3.93. The van der Waals surface area contributed by atoms with Crippen LogP contribution in [0.4, 0.5) is 5.82 Å². The van der Waals surface area contributed by atoms with Gasteiger partial charge < -0.3 is 10.2 Å². The van der Waals surface area contributed by atoms with Gasteiger partial charge >= 0.3 is 0 Å². The zero-order valence-corrected chi connectivity index (χ0v) is 13.6. The van der Waals surface area contributed by atoms with E-state index in [1.165, 1.54) is 25.7 Å². The van der Waals surface area contributed by atoms with Crippen molar-refractivity contribution in [1.29, 1.82) is 0 Å². The summed E-state index contributed by atoms with van der Waals surface area (Å²) in [4.78, 5) is 7.22. The van der Waals surface area contributed by atoms with Gasteiger partial charge in [0.1, 0.15) is 5.82 Å². The number of halogens is 1. The summed E-state index contributed by atoms with van der Waals surface area (Å²) in [5.74, 6) is 1.07. The highest BCUT2D eigenvalue weighted by molar-refractivity contribution is 6.31. The fourth-order valence-electron chi connectivity index (χ4n) is 2.67. The van der Waals surface area contributed by atoms with Crippen LogP contribution in [0.15, 0.2) is 12.1 Å². The molecule has 0 saturated carbocycles. The lowest BCUT2D eigenvalue weighted by Crippen LogP contribution is -2.33. The highest BCUT2D eigenvalue weighted by Crippen LogP contribution is 2.25. The molecule has 112 valence electrons. The van der Waals surface area contributed by atoms with E-state index in [1.807, 2.05) is 6.07 Å². The minimum Gasteiger partial charge on any atom is -0.354 e. The summed E-state index contributed by atoms with van der Waals surface area (Å²) in [6.07, 6.45) is 5.17. The molecule has 1 aromatic heterocycles. The molecular formula is C16H26ClN3. The highest BCUT2D eigenvalue weighted by atomic mass is 35.5. The Morgan fingerprint density at radius 3 is 2.90 bits per heavy atom. The second-order valence-corrected chi connectivity index (χ2v) is 6.43. The Morgan fingerprint density at radius 1 is 1.35 bits per heavy atom. The lowest BCUT2D eigenvalue weighted by Gasteiger charge is -2.28. The average Bonchev–Trinajstić information content (AvgIpc) is 2.62. The van der Waals surface area contributed by atoms with Crippen LogP contribution in [0.3, 0.4) is 0 Å². The van der Waals surface area contributed by atoms with Crippen molar-refractivity contribution in [2.45, 2.75) is 65.1 Å². The summed E-state index contributed by atoms with van der Waals surface area (Å²) in [6.45, 7) is 8.40. The Labute approximate surface area is 127 Å². The van der Waals surface area contributed by atoms with E-state index in [9.17, 15) is 0 Å². The number of aromatic nitrogens is 1. The van der Waals surface area contributed by atoms with Crippen molar-refractivity contribution in [2.24, 2.45) is 0 Å². The van der Waals surface area contributed by atoms with E-state index in [4.69, 9.17) is 16.6 Å². The van der Waals surface area contributed by atoms with Gasteiger partial charge in [0.05, 0.1) is 10.7 Å². The fraction of sp³-hybridized carbons (Fsp3) is 0.688. The largest absolute Gasteiger partial charge is 0.354 e. The van der Waals surface area contributed by atoms with Gasteiger partial charge in [-0.25, -0.2) is 4.98 Å². The number of anilines is 1. The summed E-state index contributed by atoms with van der Waals surface area (Å²) in [7, 11) is 0. The molecule has 2 heterocycles. The Bertz CT molecular complexity index is 434. The molecule has 0 aromatic carbocycles. The molecule has 0 radical (unpaired) electrons. The van der Waals surface area contributed by atoms with Gasteiger partial charge in [-0.05, 0) is 31.9 Å². The Hall–Kier alpha value is -0.800. The molecule has 1 unspecified atom stereocenters. The lowest BCUT2D eigenvalue weighted by molar-refractivity contribution is 0.577. The predicted octanol–water partition coefficient (Wildman–Crippen LogP) is 4.00. The van der Waals surface area contributed by atoms with Crippen LogP contribution in [0.2, 0.25) is 5.02 Å². The van der Waals surface area contributed by atoms with E-state index in [-0.39, 0.29) is 0 Å². The van der Waals surface area contributed by atoms with Gasteiger partial charge in [0, 0.05) is 25.2 Å². The molecule has 0 amide bonds. The SMILES string of the molecule is CC(C)NCc1nc(N2CCCCCC2C)ccc1Cl. The first-order valence-electron chi connectivity index (χ1n) is 7.73. The third kappa shape index (κ3) is 4.10. The van der Waals surface area contributed by atoms with Gasteiger partial charge in [0.2, 0.25) is 0 Å². The maximum Gasteiger partial charge on any atom is 0.129 e. The standard InChI is InChI=1S/C16H26ClN3/c1-12(2)18-11-15-14(17)8-9-16(19-15)20-10-6-4-5-7-13(20)3/h8-9,12-13,18H,4-7,10-11H2,1-3H3. The second kappa shape index (κ2) is 7.28. The van der Waals surface area contributed by atoms with Crippen molar-refractivity contribution >= 4 is 17.4 Å². The zero-order valence-electron chi connectivity index (χ0n) is 12.8. The maximum absolute atomic E-state index is 6.27. The third-order valence-corrected chi connectivity index (χ3v) is 4.27. The van der Waals surface area contributed by atoms with E-state index < -0.39 is 0 Å². The fourth-order valence-corrected chi connectivity index (χ4v) is 2.84. The van der Waals surface area contributed by atoms with Gasteiger partial charge in [-0.3, -0.25) is 0 Å². The van der Waals surface area contributed by atoms with E-state index in [2.05, 4.69) is 37.1 Å². The molecule has 1 aromatic rings. The highest BCUT2D eigenvalue weighted by Gasteiger charge is 2.19. The van der Waals surface area contributed by atoms with Crippen LogP contribution in [0, 0.1) is 0 Å². The molecule has 4 heteroatoms. The van der Waals surface area contributed by atoms with E-state index >= 15 is 0 Å². The molecule has 1 fully saturated rings. The van der Waals surface area contributed by atoms with Crippen molar-refractivity contribution < 1.29 is 0 Å². The van der Waals surface area contributed by atoms with Crippen molar-refractivity contribution in [3.05, 3.63) is 22.8 Å². The van der Waals surface area contributed by atoms with E-state index in [1.54, 1.807) is 0 Å². The molecule has 1 N–H and O–H groups in total. The number of rotatable bonds is 4. The van der Waals surface area contributed by atoms with Gasteiger partial charge in [-0.2, -0.15) is 0 Å². The molecule has 0 bridgehead atoms. The molecule has 1 aliphatic rings. The minimum atomic E-state index is 0.439. The van der Waals surface area contributed by atoms with Crippen LogP contribution >= 0.6 is 11.6 Å². The summed E-state index contributed by atoms with van der Waals surface area (Å²) in [6, 6.07) is 5.05. The van der Waals surface area contributed by atoms with Crippen LogP contribution in [0.5, 0.6) is 0 Å².